The first-order chi connectivity index (χ1) is 9.88. The van der Waals surface area contributed by atoms with Crippen molar-refractivity contribution in [3.05, 3.63) is 29.8 Å². The number of hydrogen-bond donors (Lipinski definition) is 2. The first-order valence-corrected chi connectivity index (χ1v) is 8.75. The number of aliphatic hydroxyl groups excluding tert-OH is 1. The van der Waals surface area contributed by atoms with Gasteiger partial charge < -0.3 is 10.8 Å². The van der Waals surface area contributed by atoms with Gasteiger partial charge in [-0.1, -0.05) is 38.2 Å². The molecule has 0 aliphatic rings. The standard InChI is InChI=1S/C14H22N2O3S2/c1-3-12(4-2)16(9-10-17)21(18,19)13-7-5-11(6-8-13)14(15)20/h5-8,12,17H,3-4,9-10H2,1-2H3,(H2,15,20). The molecule has 0 atom stereocenters. The molecule has 0 radical (unpaired) electrons. The van der Waals surface area contributed by atoms with Crippen molar-refractivity contribution in [2.45, 2.75) is 37.6 Å². The Kier molecular flexibility index (Phi) is 6.73. The summed E-state index contributed by atoms with van der Waals surface area (Å²) in [6.45, 7) is 3.75. The second-order valence-corrected chi connectivity index (χ2v) is 7.03. The van der Waals surface area contributed by atoms with Gasteiger partial charge in [-0.15, -0.1) is 0 Å². The van der Waals surface area contributed by atoms with Gasteiger partial charge in [-0.05, 0) is 25.0 Å². The summed E-state index contributed by atoms with van der Waals surface area (Å²) in [5.74, 6) is 0. The van der Waals surface area contributed by atoms with E-state index in [9.17, 15) is 8.42 Å². The molecule has 0 bridgehead atoms. The Morgan fingerprint density at radius 1 is 1.29 bits per heavy atom. The highest BCUT2D eigenvalue weighted by atomic mass is 32.2. The van der Waals surface area contributed by atoms with E-state index >= 15 is 0 Å². The molecule has 0 saturated heterocycles. The molecule has 0 heterocycles. The van der Waals surface area contributed by atoms with Crippen molar-refractivity contribution in [2.75, 3.05) is 13.2 Å². The maximum absolute atomic E-state index is 12.7. The molecule has 0 spiro atoms. The molecule has 0 amide bonds. The zero-order chi connectivity index (χ0) is 16.0. The van der Waals surface area contributed by atoms with Crippen LogP contribution in [-0.2, 0) is 10.0 Å². The van der Waals surface area contributed by atoms with Crippen LogP contribution in [0.1, 0.15) is 32.3 Å². The predicted molar refractivity (Wildman–Crippen MR) is 87.7 cm³/mol. The fourth-order valence-electron chi connectivity index (χ4n) is 2.22. The lowest BCUT2D eigenvalue weighted by Crippen LogP contribution is -2.41. The first kappa shape index (κ1) is 18.0. The summed E-state index contributed by atoms with van der Waals surface area (Å²) in [6.07, 6.45) is 1.39. The molecule has 0 saturated carbocycles. The summed E-state index contributed by atoms with van der Waals surface area (Å²) in [5.41, 5.74) is 6.14. The van der Waals surface area contributed by atoms with E-state index in [0.29, 0.717) is 18.4 Å². The van der Waals surface area contributed by atoms with Crippen molar-refractivity contribution in [3.8, 4) is 0 Å². The number of sulfonamides is 1. The van der Waals surface area contributed by atoms with Crippen LogP contribution in [0.25, 0.3) is 0 Å². The summed E-state index contributed by atoms with van der Waals surface area (Å²) in [7, 11) is -3.64. The minimum atomic E-state index is -3.64. The van der Waals surface area contributed by atoms with Gasteiger partial charge in [0.15, 0.2) is 0 Å². The lowest BCUT2D eigenvalue weighted by atomic mass is 10.2. The molecular weight excluding hydrogens is 308 g/mol. The Morgan fingerprint density at radius 3 is 2.19 bits per heavy atom. The Labute approximate surface area is 131 Å². The van der Waals surface area contributed by atoms with Crippen molar-refractivity contribution in [1.29, 1.82) is 0 Å². The minimum Gasteiger partial charge on any atom is -0.395 e. The number of rotatable bonds is 8. The number of benzene rings is 1. The molecular formula is C14H22N2O3S2. The van der Waals surface area contributed by atoms with Gasteiger partial charge in [0.25, 0.3) is 0 Å². The lowest BCUT2D eigenvalue weighted by molar-refractivity contribution is 0.219. The highest BCUT2D eigenvalue weighted by molar-refractivity contribution is 7.89. The highest BCUT2D eigenvalue weighted by Gasteiger charge is 2.29. The van der Waals surface area contributed by atoms with Crippen LogP contribution >= 0.6 is 12.2 Å². The molecule has 0 fully saturated rings. The summed E-state index contributed by atoms with van der Waals surface area (Å²) in [6, 6.07) is 6.06. The SMILES string of the molecule is CCC(CC)N(CCO)S(=O)(=O)c1ccc(C(N)=S)cc1. The van der Waals surface area contributed by atoms with Gasteiger partial charge in [0, 0.05) is 18.2 Å². The second-order valence-electron chi connectivity index (χ2n) is 4.70. The van der Waals surface area contributed by atoms with Crippen LogP contribution in [0.3, 0.4) is 0 Å². The second kappa shape index (κ2) is 7.84. The van der Waals surface area contributed by atoms with Gasteiger partial charge in [0.05, 0.1) is 11.5 Å². The molecule has 21 heavy (non-hydrogen) atoms. The van der Waals surface area contributed by atoms with Gasteiger partial charge in [-0.25, -0.2) is 8.42 Å². The average molecular weight is 330 g/mol. The van der Waals surface area contributed by atoms with Gasteiger partial charge in [-0.2, -0.15) is 4.31 Å². The average Bonchev–Trinajstić information content (AvgIpc) is 2.47. The summed E-state index contributed by atoms with van der Waals surface area (Å²) < 4.78 is 26.8. The zero-order valence-corrected chi connectivity index (χ0v) is 14.0. The molecule has 1 aromatic rings. The zero-order valence-electron chi connectivity index (χ0n) is 12.3. The predicted octanol–water partition coefficient (Wildman–Crippen LogP) is 1.49. The van der Waals surface area contributed by atoms with Crippen LogP contribution in [0.4, 0.5) is 0 Å². The van der Waals surface area contributed by atoms with Crippen molar-refractivity contribution in [1.82, 2.24) is 4.31 Å². The van der Waals surface area contributed by atoms with E-state index < -0.39 is 10.0 Å². The van der Waals surface area contributed by atoms with Crippen LogP contribution in [0, 0.1) is 0 Å². The monoisotopic (exact) mass is 330 g/mol. The van der Waals surface area contributed by atoms with Gasteiger partial charge in [-0.3, -0.25) is 0 Å². The largest absolute Gasteiger partial charge is 0.395 e. The quantitative estimate of drug-likeness (QED) is 0.706. The highest BCUT2D eigenvalue weighted by Crippen LogP contribution is 2.21. The van der Waals surface area contributed by atoms with E-state index in [-0.39, 0.29) is 29.1 Å². The number of nitrogens with two attached hydrogens (primary N) is 1. The maximum Gasteiger partial charge on any atom is 0.243 e. The fourth-order valence-corrected chi connectivity index (χ4v) is 4.12. The molecule has 1 aromatic carbocycles. The molecule has 3 N–H and O–H groups in total. The van der Waals surface area contributed by atoms with E-state index in [4.69, 9.17) is 23.1 Å². The Morgan fingerprint density at radius 2 is 1.81 bits per heavy atom. The third kappa shape index (κ3) is 4.23. The van der Waals surface area contributed by atoms with E-state index in [2.05, 4.69) is 0 Å². The van der Waals surface area contributed by atoms with E-state index in [1.54, 1.807) is 12.1 Å². The Bertz CT molecular complexity index is 566. The normalized spacial score (nSPS) is 12.0. The van der Waals surface area contributed by atoms with Crippen molar-refractivity contribution in [3.63, 3.8) is 0 Å². The number of thiocarbonyl (C=S) groups is 1. The maximum atomic E-state index is 12.7. The van der Waals surface area contributed by atoms with Crippen molar-refractivity contribution in [2.24, 2.45) is 5.73 Å². The Hall–Kier alpha value is -1.02. The van der Waals surface area contributed by atoms with Crippen LogP contribution in [0.2, 0.25) is 0 Å². The third-order valence-electron chi connectivity index (χ3n) is 3.42. The Balaban J connectivity index is 3.18. The molecule has 118 valence electrons. The van der Waals surface area contributed by atoms with Crippen LogP contribution in [0.5, 0.6) is 0 Å². The van der Waals surface area contributed by atoms with Gasteiger partial charge in [0.2, 0.25) is 10.0 Å². The van der Waals surface area contributed by atoms with Crippen LogP contribution in [-0.4, -0.2) is 42.0 Å². The van der Waals surface area contributed by atoms with Crippen LogP contribution in [0.15, 0.2) is 29.2 Å². The summed E-state index contributed by atoms with van der Waals surface area (Å²) >= 11 is 4.86. The van der Waals surface area contributed by atoms with Gasteiger partial charge >= 0.3 is 0 Å². The molecule has 5 nitrogen and oxygen atoms in total. The number of hydrogen-bond acceptors (Lipinski definition) is 4. The topological polar surface area (TPSA) is 83.6 Å². The summed E-state index contributed by atoms with van der Waals surface area (Å²) in [5, 5.41) is 9.16. The van der Waals surface area contributed by atoms with E-state index in [0.717, 1.165) is 0 Å². The molecule has 0 aliphatic heterocycles. The molecule has 0 unspecified atom stereocenters. The van der Waals surface area contributed by atoms with E-state index in [1.165, 1.54) is 16.4 Å². The third-order valence-corrected chi connectivity index (χ3v) is 5.62. The summed E-state index contributed by atoms with van der Waals surface area (Å²) in [4.78, 5) is 0.411. The first-order valence-electron chi connectivity index (χ1n) is 6.91. The smallest absolute Gasteiger partial charge is 0.243 e. The molecule has 0 aromatic heterocycles. The molecule has 1 rings (SSSR count). The van der Waals surface area contributed by atoms with E-state index in [1.807, 2.05) is 13.8 Å². The molecule has 7 heteroatoms. The number of nitrogens with zero attached hydrogens (tertiary/aromatic N) is 1. The van der Waals surface area contributed by atoms with Crippen molar-refractivity contribution < 1.29 is 13.5 Å². The number of aliphatic hydroxyl groups is 1. The van der Waals surface area contributed by atoms with Gasteiger partial charge in [0.1, 0.15) is 4.99 Å². The van der Waals surface area contributed by atoms with Crippen LogP contribution < -0.4 is 5.73 Å². The lowest BCUT2D eigenvalue weighted by Gasteiger charge is -2.29. The minimum absolute atomic E-state index is 0.0890. The van der Waals surface area contributed by atoms with Crippen molar-refractivity contribution >= 4 is 27.2 Å². The fraction of sp³-hybridized carbons (Fsp3) is 0.500. The molecule has 0 aliphatic carbocycles.